The van der Waals surface area contributed by atoms with Gasteiger partial charge in [0.1, 0.15) is 11.5 Å². The van der Waals surface area contributed by atoms with Gasteiger partial charge in [0.05, 0.1) is 25.3 Å². The quantitative estimate of drug-likeness (QED) is 0.864. The molecule has 104 valence electrons. The molecule has 1 heterocycles. The summed E-state index contributed by atoms with van der Waals surface area (Å²) in [6.45, 7) is 4.99. The summed E-state index contributed by atoms with van der Waals surface area (Å²) in [6, 6.07) is 7.14. The molecule has 1 aliphatic heterocycles. The molecule has 2 rings (SSSR count). The maximum atomic E-state index is 11.7. The van der Waals surface area contributed by atoms with Crippen LogP contribution in [0.15, 0.2) is 24.3 Å². The molecule has 0 bridgehead atoms. The predicted molar refractivity (Wildman–Crippen MR) is 70.3 cm³/mol. The minimum Gasteiger partial charge on any atom is -0.494 e. The van der Waals surface area contributed by atoms with Crippen LogP contribution in [-0.4, -0.2) is 47.8 Å². The highest BCUT2D eigenvalue weighted by Gasteiger charge is 2.39. The highest BCUT2D eigenvalue weighted by molar-refractivity contribution is 5.78. The third-order valence-electron chi connectivity index (χ3n) is 2.91. The molecule has 1 aromatic carbocycles. The molecule has 0 atom stereocenters. The molecule has 1 N–H and O–H groups in total. The number of amides is 1. The number of hydrogen-bond donors (Lipinski definition) is 1. The van der Waals surface area contributed by atoms with Gasteiger partial charge in [-0.1, -0.05) is 0 Å². The number of β-amino-alcohol motifs (C(OH)–C–C–N with tert-alkyl or cyclic N) is 1. The minimum absolute atomic E-state index is 0.00986. The average molecular weight is 265 g/mol. The Morgan fingerprint density at radius 3 is 2.26 bits per heavy atom. The van der Waals surface area contributed by atoms with E-state index in [1.54, 1.807) is 36.1 Å². The predicted octanol–water partition coefficient (Wildman–Crippen LogP) is 1.06. The number of rotatable bonds is 5. The van der Waals surface area contributed by atoms with E-state index in [1.165, 1.54) is 0 Å². The third kappa shape index (κ3) is 3.61. The molecule has 0 spiro atoms. The number of ether oxygens (including phenoxy) is 2. The molecule has 0 aliphatic carbocycles. The number of likely N-dealkylation sites (tertiary alicyclic amines) is 1. The summed E-state index contributed by atoms with van der Waals surface area (Å²) in [6.07, 6.45) is 0. The minimum atomic E-state index is -0.741. The zero-order valence-electron chi connectivity index (χ0n) is 11.3. The number of hydrogen-bond acceptors (Lipinski definition) is 4. The van der Waals surface area contributed by atoms with E-state index in [9.17, 15) is 9.90 Å². The first kappa shape index (κ1) is 13.7. The lowest BCUT2D eigenvalue weighted by molar-refractivity contribution is -0.154. The van der Waals surface area contributed by atoms with Gasteiger partial charge >= 0.3 is 0 Å². The van der Waals surface area contributed by atoms with Gasteiger partial charge in [0, 0.05) is 0 Å². The van der Waals surface area contributed by atoms with E-state index in [2.05, 4.69) is 0 Å². The topological polar surface area (TPSA) is 59.0 Å². The lowest BCUT2D eigenvalue weighted by Gasteiger charge is -2.43. The van der Waals surface area contributed by atoms with Crippen molar-refractivity contribution in [3.05, 3.63) is 24.3 Å². The maximum Gasteiger partial charge on any atom is 0.260 e. The molecule has 1 amide bonds. The van der Waals surface area contributed by atoms with Crippen LogP contribution in [0.2, 0.25) is 0 Å². The van der Waals surface area contributed by atoms with Crippen LogP contribution in [0.3, 0.4) is 0 Å². The first-order chi connectivity index (χ1) is 9.00. The molecule has 0 radical (unpaired) electrons. The molecule has 1 saturated heterocycles. The van der Waals surface area contributed by atoms with Crippen molar-refractivity contribution in [2.24, 2.45) is 0 Å². The van der Waals surface area contributed by atoms with E-state index in [0.717, 1.165) is 5.75 Å². The second-order valence-electron chi connectivity index (χ2n) is 4.94. The second kappa shape index (κ2) is 5.48. The first-order valence-electron chi connectivity index (χ1n) is 6.36. The fourth-order valence-electron chi connectivity index (χ4n) is 1.99. The molecule has 5 heteroatoms. The van der Waals surface area contributed by atoms with Crippen LogP contribution in [0.5, 0.6) is 11.5 Å². The highest BCUT2D eigenvalue weighted by atomic mass is 16.5. The fraction of sp³-hybridized carbons (Fsp3) is 0.500. The molecular weight excluding hydrogens is 246 g/mol. The summed E-state index contributed by atoms with van der Waals surface area (Å²) >= 11 is 0. The Morgan fingerprint density at radius 1 is 1.26 bits per heavy atom. The van der Waals surface area contributed by atoms with Crippen LogP contribution in [0.1, 0.15) is 13.8 Å². The summed E-state index contributed by atoms with van der Waals surface area (Å²) < 4.78 is 10.7. The van der Waals surface area contributed by atoms with E-state index in [1.807, 2.05) is 6.92 Å². The van der Waals surface area contributed by atoms with Gasteiger partial charge in [-0.05, 0) is 38.1 Å². The normalized spacial score (nSPS) is 16.7. The van der Waals surface area contributed by atoms with Gasteiger partial charge in [0.2, 0.25) is 0 Å². The number of carbonyl (C=O) groups excluding carboxylic acids is 1. The Kier molecular flexibility index (Phi) is 3.95. The maximum absolute atomic E-state index is 11.7. The Balaban J connectivity index is 1.77. The number of carbonyl (C=O) groups is 1. The van der Waals surface area contributed by atoms with E-state index >= 15 is 0 Å². The zero-order chi connectivity index (χ0) is 13.9. The summed E-state index contributed by atoms with van der Waals surface area (Å²) in [5.74, 6) is 1.30. The molecule has 0 aromatic heterocycles. The lowest BCUT2D eigenvalue weighted by Crippen LogP contribution is -2.62. The molecule has 1 aliphatic rings. The summed E-state index contributed by atoms with van der Waals surface area (Å²) in [4.78, 5) is 13.3. The zero-order valence-corrected chi connectivity index (χ0v) is 11.3. The van der Waals surface area contributed by atoms with Gasteiger partial charge in [-0.15, -0.1) is 0 Å². The third-order valence-corrected chi connectivity index (χ3v) is 2.91. The van der Waals surface area contributed by atoms with Crippen molar-refractivity contribution >= 4 is 5.91 Å². The SMILES string of the molecule is CCOc1ccc(OCC(=O)N2CC(C)(O)C2)cc1. The van der Waals surface area contributed by atoms with Crippen molar-refractivity contribution in [2.75, 3.05) is 26.3 Å². The van der Waals surface area contributed by atoms with Gasteiger partial charge in [-0.3, -0.25) is 4.79 Å². The average Bonchev–Trinajstić information content (AvgIpc) is 2.35. The van der Waals surface area contributed by atoms with Crippen LogP contribution in [0, 0.1) is 0 Å². The number of nitrogens with zero attached hydrogens (tertiary/aromatic N) is 1. The van der Waals surface area contributed by atoms with Gasteiger partial charge in [0.15, 0.2) is 6.61 Å². The van der Waals surface area contributed by atoms with Crippen LogP contribution < -0.4 is 9.47 Å². The smallest absolute Gasteiger partial charge is 0.260 e. The van der Waals surface area contributed by atoms with E-state index in [0.29, 0.717) is 25.4 Å². The Bertz CT molecular complexity index is 433. The summed E-state index contributed by atoms with van der Waals surface area (Å²) in [7, 11) is 0. The van der Waals surface area contributed by atoms with Crippen molar-refractivity contribution in [1.29, 1.82) is 0 Å². The molecule has 19 heavy (non-hydrogen) atoms. The highest BCUT2D eigenvalue weighted by Crippen LogP contribution is 2.21. The summed E-state index contributed by atoms with van der Waals surface area (Å²) in [5.41, 5.74) is -0.741. The molecular formula is C14H19NO4. The van der Waals surface area contributed by atoms with Crippen molar-refractivity contribution in [3.63, 3.8) is 0 Å². The van der Waals surface area contributed by atoms with Gasteiger partial charge in [-0.2, -0.15) is 0 Å². The molecule has 1 aromatic rings. The van der Waals surface area contributed by atoms with Crippen LogP contribution >= 0.6 is 0 Å². The van der Waals surface area contributed by atoms with Gasteiger partial charge in [0.25, 0.3) is 5.91 Å². The number of aliphatic hydroxyl groups is 1. The Labute approximate surface area is 112 Å². The van der Waals surface area contributed by atoms with Crippen molar-refractivity contribution in [1.82, 2.24) is 4.90 Å². The monoisotopic (exact) mass is 265 g/mol. The largest absolute Gasteiger partial charge is 0.494 e. The molecule has 5 nitrogen and oxygen atoms in total. The van der Waals surface area contributed by atoms with Crippen LogP contribution in [0.25, 0.3) is 0 Å². The van der Waals surface area contributed by atoms with Crippen molar-refractivity contribution in [3.8, 4) is 11.5 Å². The summed E-state index contributed by atoms with van der Waals surface area (Å²) in [5, 5.41) is 9.55. The van der Waals surface area contributed by atoms with E-state index < -0.39 is 5.60 Å². The Morgan fingerprint density at radius 2 is 1.79 bits per heavy atom. The molecule has 0 unspecified atom stereocenters. The first-order valence-corrected chi connectivity index (χ1v) is 6.36. The molecule has 0 saturated carbocycles. The fourth-order valence-corrected chi connectivity index (χ4v) is 1.99. The van der Waals surface area contributed by atoms with Crippen LogP contribution in [0.4, 0.5) is 0 Å². The molecule has 1 fully saturated rings. The van der Waals surface area contributed by atoms with E-state index in [-0.39, 0.29) is 12.5 Å². The van der Waals surface area contributed by atoms with Crippen molar-refractivity contribution in [2.45, 2.75) is 19.4 Å². The van der Waals surface area contributed by atoms with Gasteiger partial charge in [-0.25, -0.2) is 0 Å². The number of benzene rings is 1. The standard InChI is InChI=1S/C14H19NO4/c1-3-18-11-4-6-12(7-5-11)19-8-13(16)15-9-14(2,17)10-15/h4-7,17H,3,8-10H2,1-2H3. The Hall–Kier alpha value is -1.75. The van der Waals surface area contributed by atoms with Crippen LogP contribution in [-0.2, 0) is 4.79 Å². The van der Waals surface area contributed by atoms with Gasteiger partial charge < -0.3 is 19.5 Å². The van der Waals surface area contributed by atoms with Crippen molar-refractivity contribution < 1.29 is 19.4 Å². The lowest BCUT2D eigenvalue weighted by atomic mass is 9.97. The van der Waals surface area contributed by atoms with E-state index in [4.69, 9.17) is 9.47 Å². The second-order valence-corrected chi connectivity index (χ2v) is 4.94.